The maximum atomic E-state index is 12.6. The SMILES string of the molecule is COc1c(C)cccc1C(=O)NC(=S)Nc1ccc2oc(-c3ccccc3Cl)nc2c1. The summed E-state index contributed by atoms with van der Waals surface area (Å²) in [7, 11) is 1.53. The van der Waals surface area contributed by atoms with Gasteiger partial charge >= 0.3 is 0 Å². The molecule has 31 heavy (non-hydrogen) atoms. The van der Waals surface area contributed by atoms with Gasteiger partial charge in [-0.15, -0.1) is 0 Å². The molecule has 0 fully saturated rings. The fraction of sp³-hybridized carbons (Fsp3) is 0.0870. The summed E-state index contributed by atoms with van der Waals surface area (Å²) in [5.41, 5.74) is 3.88. The number of fused-ring (bicyclic) bond motifs is 1. The zero-order chi connectivity index (χ0) is 22.0. The van der Waals surface area contributed by atoms with E-state index >= 15 is 0 Å². The number of rotatable bonds is 4. The summed E-state index contributed by atoms with van der Waals surface area (Å²) in [5.74, 6) is 0.584. The summed E-state index contributed by atoms with van der Waals surface area (Å²) in [4.78, 5) is 17.1. The molecule has 1 heterocycles. The minimum atomic E-state index is -0.360. The molecule has 0 aliphatic rings. The molecule has 1 aromatic heterocycles. The zero-order valence-corrected chi connectivity index (χ0v) is 18.3. The third-order valence-corrected chi connectivity index (χ3v) is 5.17. The standard InChI is InChI=1S/C23H18ClN3O3S/c1-13-6-5-8-16(20(13)29-2)21(28)27-23(31)25-14-10-11-19-18(12-14)26-22(30-19)15-7-3-4-9-17(15)24/h3-12H,1-2H3,(H2,25,27,28,31). The molecular formula is C23H18ClN3O3S. The highest BCUT2D eigenvalue weighted by Gasteiger charge is 2.16. The number of amides is 1. The number of halogens is 1. The summed E-state index contributed by atoms with van der Waals surface area (Å²) >= 11 is 11.5. The molecule has 0 radical (unpaired) electrons. The van der Waals surface area contributed by atoms with Crippen LogP contribution in [0.25, 0.3) is 22.6 Å². The maximum Gasteiger partial charge on any atom is 0.261 e. The van der Waals surface area contributed by atoms with Gasteiger partial charge in [0.1, 0.15) is 11.3 Å². The van der Waals surface area contributed by atoms with E-state index in [1.54, 1.807) is 36.4 Å². The fourth-order valence-electron chi connectivity index (χ4n) is 3.19. The molecule has 156 valence electrons. The number of carbonyl (C=O) groups is 1. The molecule has 0 aliphatic carbocycles. The molecule has 0 aliphatic heterocycles. The van der Waals surface area contributed by atoms with Crippen molar-refractivity contribution in [2.45, 2.75) is 6.92 Å². The van der Waals surface area contributed by atoms with E-state index in [2.05, 4.69) is 15.6 Å². The summed E-state index contributed by atoms with van der Waals surface area (Å²) in [6, 6.07) is 18.0. The smallest absolute Gasteiger partial charge is 0.261 e. The average Bonchev–Trinajstić information content (AvgIpc) is 3.16. The van der Waals surface area contributed by atoms with Gasteiger partial charge in [0.05, 0.1) is 23.3 Å². The van der Waals surface area contributed by atoms with Crippen LogP contribution in [0.15, 0.2) is 65.1 Å². The quantitative estimate of drug-likeness (QED) is 0.394. The van der Waals surface area contributed by atoms with Gasteiger partial charge < -0.3 is 14.5 Å². The minimum absolute atomic E-state index is 0.155. The molecule has 0 bridgehead atoms. The molecule has 4 rings (SSSR count). The number of aryl methyl sites for hydroxylation is 1. The van der Waals surface area contributed by atoms with E-state index in [-0.39, 0.29) is 11.0 Å². The van der Waals surface area contributed by atoms with Crippen LogP contribution in [0.5, 0.6) is 5.75 Å². The van der Waals surface area contributed by atoms with Crippen molar-refractivity contribution in [3.8, 4) is 17.2 Å². The van der Waals surface area contributed by atoms with Crippen molar-refractivity contribution >= 4 is 51.6 Å². The summed E-state index contributed by atoms with van der Waals surface area (Å²) in [6.07, 6.45) is 0. The van der Waals surface area contributed by atoms with Crippen LogP contribution in [0.4, 0.5) is 5.69 Å². The Morgan fingerprint density at radius 2 is 1.94 bits per heavy atom. The van der Waals surface area contributed by atoms with Crippen LogP contribution < -0.4 is 15.4 Å². The molecule has 0 saturated carbocycles. The fourth-order valence-corrected chi connectivity index (χ4v) is 3.62. The van der Waals surface area contributed by atoms with E-state index in [0.717, 1.165) is 5.56 Å². The van der Waals surface area contributed by atoms with Crippen LogP contribution in [-0.4, -0.2) is 23.1 Å². The summed E-state index contributed by atoms with van der Waals surface area (Å²) in [5, 5.41) is 6.39. The first-order valence-electron chi connectivity index (χ1n) is 9.37. The predicted octanol–water partition coefficient (Wildman–Crippen LogP) is 5.59. The van der Waals surface area contributed by atoms with Gasteiger partial charge in [-0.1, -0.05) is 35.9 Å². The van der Waals surface area contributed by atoms with Gasteiger partial charge in [0.2, 0.25) is 5.89 Å². The zero-order valence-electron chi connectivity index (χ0n) is 16.7. The van der Waals surface area contributed by atoms with E-state index in [1.165, 1.54) is 7.11 Å². The van der Waals surface area contributed by atoms with Crippen molar-refractivity contribution in [1.82, 2.24) is 10.3 Å². The highest BCUT2D eigenvalue weighted by molar-refractivity contribution is 7.80. The first-order valence-corrected chi connectivity index (χ1v) is 10.2. The molecule has 0 unspecified atom stereocenters. The van der Waals surface area contributed by atoms with Crippen molar-refractivity contribution in [3.63, 3.8) is 0 Å². The number of benzene rings is 3. The second-order valence-electron chi connectivity index (χ2n) is 6.75. The first-order chi connectivity index (χ1) is 15.0. The lowest BCUT2D eigenvalue weighted by molar-refractivity contribution is 0.0974. The Morgan fingerprint density at radius 3 is 2.71 bits per heavy atom. The Bertz CT molecular complexity index is 1300. The molecule has 0 spiro atoms. The third-order valence-electron chi connectivity index (χ3n) is 4.64. The van der Waals surface area contributed by atoms with E-state index in [1.807, 2.05) is 31.2 Å². The first kappa shape index (κ1) is 20.8. The summed E-state index contributed by atoms with van der Waals surface area (Å²) < 4.78 is 11.2. The molecule has 0 atom stereocenters. The van der Waals surface area contributed by atoms with Crippen LogP contribution in [0.2, 0.25) is 5.02 Å². The Labute approximate surface area is 189 Å². The molecule has 4 aromatic rings. The average molecular weight is 452 g/mol. The largest absolute Gasteiger partial charge is 0.496 e. The van der Waals surface area contributed by atoms with Crippen LogP contribution in [-0.2, 0) is 0 Å². The van der Waals surface area contributed by atoms with E-state index in [9.17, 15) is 4.79 Å². The molecule has 3 aromatic carbocycles. The molecule has 8 heteroatoms. The van der Waals surface area contributed by atoms with E-state index in [4.69, 9.17) is 33.0 Å². The number of oxazole rings is 1. The minimum Gasteiger partial charge on any atom is -0.496 e. The number of nitrogens with one attached hydrogen (secondary N) is 2. The van der Waals surface area contributed by atoms with Gasteiger partial charge in [0.15, 0.2) is 10.7 Å². The second kappa shape index (κ2) is 8.75. The second-order valence-corrected chi connectivity index (χ2v) is 7.56. The van der Waals surface area contributed by atoms with Crippen molar-refractivity contribution in [1.29, 1.82) is 0 Å². The van der Waals surface area contributed by atoms with Crippen molar-refractivity contribution in [3.05, 3.63) is 76.8 Å². The molecule has 1 amide bonds. The lowest BCUT2D eigenvalue weighted by Gasteiger charge is -2.13. The maximum absolute atomic E-state index is 12.6. The number of hydrogen-bond donors (Lipinski definition) is 2. The van der Waals surface area contributed by atoms with Gasteiger partial charge in [0.25, 0.3) is 5.91 Å². The number of carbonyl (C=O) groups excluding carboxylic acids is 1. The highest BCUT2D eigenvalue weighted by Crippen LogP contribution is 2.30. The van der Waals surface area contributed by atoms with Crippen molar-refractivity contribution < 1.29 is 13.9 Å². The van der Waals surface area contributed by atoms with Crippen LogP contribution >= 0.6 is 23.8 Å². The molecular weight excluding hydrogens is 434 g/mol. The number of thiocarbonyl (C=S) groups is 1. The van der Waals surface area contributed by atoms with Crippen LogP contribution in [0.3, 0.4) is 0 Å². The van der Waals surface area contributed by atoms with Crippen LogP contribution in [0, 0.1) is 6.92 Å². The summed E-state index contributed by atoms with van der Waals surface area (Å²) in [6.45, 7) is 1.87. The van der Waals surface area contributed by atoms with Gasteiger partial charge in [-0.3, -0.25) is 10.1 Å². The monoisotopic (exact) mass is 451 g/mol. The number of anilines is 1. The molecule has 0 saturated heterocycles. The van der Waals surface area contributed by atoms with Gasteiger partial charge in [-0.2, -0.15) is 0 Å². The van der Waals surface area contributed by atoms with E-state index < -0.39 is 0 Å². The number of aromatic nitrogens is 1. The van der Waals surface area contributed by atoms with E-state index in [0.29, 0.717) is 44.6 Å². The Morgan fingerprint density at radius 1 is 1.13 bits per heavy atom. The normalized spacial score (nSPS) is 10.7. The number of para-hydroxylation sites is 1. The van der Waals surface area contributed by atoms with Gasteiger partial charge in [-0.25, -0.2) is 4.98 Å². The number of methoxy groups -OCH3 is 1. The lowest BCUT2D eigenvalue weighted by Crippen LogP contribution is -2.34. The Kier molecular flexibility index (Phi) is 5.88. The number of hydrogen-bond acceptors (Lipinski definition) is 5. The third kappa shape index (κ3) is 4.38. The topological polar surface area (TPSA) is 76.4 Å². The predicted molar refractivity (Wildman–Crippen MR) is 126 cm³/mol. The van der Waals surface area contributed by atoms with Gasteiger partial charge in [0, 0.05) is 5.69 Å². The Hall–Kier alpha value is -3.42. The van der Waals surface area contributed by atoms with Crippen molar-refractivity contribution in [2.24, 2.45) is 0 Å². The molecule has 6 nitrogen and oxygen atoms in total. The lowest BCUT2D eigenvalue weighted by atomic mass is 10.1. The number of ether oxygens (including phenoxy) is 1. The van der Waals surface area contributed by atoms with Crippen LogP contribution in [0.1, 0.15) is 15.9 Å². The molecule has 2 N–H and O–H groups in total. The van der Waals surface area contributed by atoms with Crippen molar-refractivity contribution in [2.75, 3.05) is 12.4 Å². The Balaban J connectivity index is 1.51. The number of nitrogens with zero attached hydrogens (tertiary/aromatic N) is 1. The van der Waals surface area contributed by atoms with Gasteiger partial charge in [-0.05, 0) is 61.1 Å². The highest BCUT2D eigenvalue weighted by atomic mass is 35.5.